The lowest BCUT2D eigenvalue weighted by Gasteiger charge is -2.33. The number of nitriles is 1. The molecule has 0 aliphatic heterocycles. The Morgan fingerprint density at radius 1 is 1.42 bits per heavy atom. The van der Waals surface area contributed by atoms with Gasteiger partial charge in [0, 0.05) is 12.7 Å². The molecule has 3 N–H and O–H groups in total. The van der Waals surface area contributed by atoms with Crippen molar-refractivity contribution in [1.82, 2.24) is 10.4 Å². The average Bonchev–Trinajstić information content (AvgIpc) is 2.39. The zero-order chi connectivity index (χ0) is 19.1. The molecule has 0 heterocycles. The van der Waals surface area contributed by atoms with Crippen LogP contribution in [0.25, 0.3) is 0 Å². The van der Waals surface area contributed by atoms with Gasteiger partial charge in [-0.1, -0.05) is 27.4 Å². The van der Waals surface area contributed by atoms with Gasteiger partial charge in [0.25, 0.3) is 0 Å². The number of allylic oxidation sites excluding steroid dienone is 1. The van der Waals surface area contributed by atoms with Crippen LogP contribution in [0.5, 0.6) is 0 Å². The van der Waals surface area contributed by atoms with Crippen LogP contribution in [-0.2, 0) is 4.74 Å². The van der Waals surface area contributed by atoms with Gasteiger partial charge in [-0.15, -0.1) is 0 Å². The summed E-state index contributed by atoms with van der Waals surface area (Å²) in [6.45, 7) is 15.2. The minimum absolute atomic E-state index is 0.0197. The standard InChI is InChI=1S/C16H26BrN5O2/c1-11(8-18)20-13(12(17)9-19)22(10-15(2,3)4)21-14(23)24-16(5,6)7/h9H,1,10,19H2,2-7H3,(H,21,23)/b12-9+,20-13+. The first-order valence-corrected chi connectivity index (χ1v) is 8.11. The molecule has 0 aromatic rings. The molecule has 0 bridgehead atoms. The van der Waals surface area contributed by atoms with Crippen molar-refractivity contribution in [2.24, 2.45) is 16.1 Å². The molecule has 0 rings (SSSR count). The first-order valence-electron chi connectivity index (χ1n) is 7.31. The molecule has 7 nitrogen and oxygen atoms in total. The lowest BCUT2D eigenvalue weighted by molar-refractivity contribution is 0.0391. The molecule has 0 fully saturated rings. The van der Waals surface area contributed by atoms with E-state index in [0.717, 1.165) is 0 Å². The number of aliphatic imine (C=N–C) groups is 1. The van der Waals surface area contributed by atoms with Gasteiger partial charge in [-0.2, -0.15) is 5.26 Å². The van der Waals surface area contributed by atoms with Crippen LogP contribution in [0.2, 0.25) is 0 Å². The predicted molar refractivity (Wildman–Crippen MR) is 98.9 cm³/mol. The number of nitrogens with one attached hydrogen (secondary N) is 1. The molecule has 0 unspecified atom stereocenters. The summed E-state index contributed by atoms with van der Waals surface area (Å²) in [6.07, 6.45) is 0.634. The second kappa shape index (κ2) is 8.73. The van der Waals surface area contributed by atoms with Crippen LogP contribution < -0.4 is 11.2 Å². The number of halogens is 1. The summed E-state index contributed by atoms with van der Waals surface area (Å²) >= 11 is 3.28. The van der Waals surface area contributed by atoms with E-state index in [1.807, 2.05) is 26.8 Å². The molecule has 1 amide bonds. The number of amidine groups is 1. The van der Waals surface area contributed by atoms with E-state index in [1.54, 1.807) is 20.8 Å². The van der Waals surface area contributed by atoms with Crippen molar-refractivity contribution in [3.8, 4) is 6.07 Å². The summed E-state index contributed by atoms with van der Waals surface area (Å²) in [5.74, 6) is 0.254. The zero-order valence-electron chi connectivity index (χ0n) is 15.1. The largest absolute Gasteiger partial charge is 0.443 e. The third kappa shape index (κ3) is 9.20. The van der Waals surface area contributed by atoms with E-state index in [2.05, 4.69) is 32.9 Å². The summed E-state index contributed by atoms with van der Waals surface area (Å²) in [5, 5.41) is 10.4. The Morgan fingerprint density at radius 3 is 2.33 bits per heavy atom. The molecule has 0 aliphatic rings. The molecule has 24 heavy (non-hydrogen) atoms. The van der Waals surface area contributed by atoms with Gasteiger partial charge in [0.05, 0.1) is 4.48 Å². The first-order chi connectivity index (χ1) is 10.8. The van der Waals surface area contributed by atoms with E-state index in [1.165, 1.54) is 11.2 Å². The van der Waals surface area contributed by atoms with Gasteiger partial charge in [-0.25, -0.2) is 15.2 Å². The zero-order valence-corrected chi connectivity index (χ0v) is 16.7. The number of hydrogen-bond donors (Lipinski definition) is 2. The van der Waals surface area contributed by atoms with Crippen molar-refractivity contribution in [1.29, 1.82) is 5.26 Å². The Labute approximate surface area is 152 Å². The van der Waals surface area contributed by atoms with Gasteiger partial charge in [-0.3, -0.25) is 5.01 Å². The van der Waals surface area contributed by atoms with Crippen LogP contribution in [0.15, 0.2) is 28.0 Å². The molecule has 0 saturated heterocycles. The third-order valence-electron chi connectivity index (χ3n) is 2.24. The number of carbonyl (C=O) groups excluding carboxylic acids is 1. The molecule has 8 heteroatoms. The molecule has 0 radical (unpaired) electrons. The van der Waals surface area contributed by atoms with E-state index >= 15 is 0 Å². The average molecular weight is 400 g/mol. The number of hydrogen-bond acceptors (Lipinski definition) is 5. The molecule has 0 saturated carbocycles. The molecular formula is C16H26BrN5O2. The van der Waals surface area contributed by atoms with E-state index in [4.69, 9.17) is 15.7 Å². The fourth-order valence-electron chi connectivity index (χ4n) is 1.52. The highest BCUT2D eigenvalue weighted by atomic mass is 79.9. The molecule has 0 aromatic heterocycles. The normalized spacial score (nSPS) is 13.1. The van der Waals surface area contributed by atoms with E-state index < -0.39 is 11.7 Å². The van der Waals surface area contributed by atoms with Gasteiger partial charge < -0.3 is 10.5 Å². The topological polar surface area (TPSA) is 104 Å². The molecule has 0 aromatic carbocycles. The highest BCUT2D eigenvalue weighted by Crippen LogP contribution is 2.19. The fourth-order valence-corrected chi connectivity index (χ4v) is 1.83. The second-order valence-corrected chi connectivity index (χ2v) is 8.12. The van der Waals surface area contributed by atoms with Crippen molar-refractivity contribution in [3.63, 3.8) is 0 Å². The van der Waals surface area contributed by atoms with Gasteiger partial charge >= 0.3 is 6.09 Å². The van der Waals surface area contributed by atoms with Crippen molar-refractivity contribution >= 4 is 27.9 Å². The minimum Gasteiger partial charge on any atom is -0.443 e. The van der Waals surface area contributed by atoms with Crippen LogP contribution in [0, 0.1) is 16.7 Å². The molecule has 0 spiro atoms. The lowest BCUT2D eigenvalue weighted by Crippen LogP contribution is -2.51. The van der Waals surface area contributed by atoms with Gasteiger partial charge in [0.1, 0.15) is 17.4 Å². The van der Waals surface area contributed by atoms with Crippen LogP contribution in [-0.4, -0.2) is 29.1 Å². The van der Waals surface area contributed by atoms with Gasteiger partial charge in [0.15, 0.2) is 5.84 Å². The third-order valence-corrected chi connectivity index (χ3v) is 2.86. The summed E-state index contributed by atoms with van der Waals surface area (Å²) in [7, 11) is 0. The number of hydrazine groups is 1. The first kappa shape index (κ1) is 22.0. The van der Waals surface area contributed by atoms with E-state index in [-0.39, 0.29) is 16.9 Å². The number of amides is 1. The summed E-state index contributed by atoms with van der Waals surface area (Å²) in [5.41, 5.74) is 7.34. The molecule has 0 aliphatic carbocycles. The van der Waals surface area contributed by atoms with Gasteiger partial charge in [0.2, 0.25) is 0 Å². The van der Waals surface area contributed by atoms with Gasteiger partial charge in [-0.05, 0) is 42.1 Å². The number of rotatable bonds is 3. The highest BCUT2D eigenvalue weighted by molar-refractivity contribution is 9.12. The number of carbonyl (C=O) groups is 1. The van der Waals surface area contributed by atoms with Crippen LogP contribution in [0.1, 0.15) is 41.5 Å². The van der Waals surface area contributed by atoms with Crippen LogP contribution >= 0.6 is 15.9 Å². The SMILES string of the molecule is C=C(C#N)/N=C(\C(Br)=C/N)N(CC(C)(C)C)NC(=O)OC(C)(C)C. The summed E-state index contributed by atoms with van der Waals surface area (Å²) < 4.78 is 5.68. The monoisotopic (exact) mass is 399 g/mol. The van der Waals surface area contributed by atoms with Crippen molar-refractivity contribution in [2.45, 2.75) is 47.1 Å². The summed E-state index contributed by atoms with van der Waals surface area (Å²) in [6, 6.07) is 1.84. The number of nitrogens with zero attached hydrogens (tertiary/aromatic N) is 3. The Morgan fingerprint density at radius 2 is 1.96 bits per heavy atom. The Kier molecular flexibility index (Phi) is 8.00. The van der Waals surface area contributed by atoms with Crippen LogP contribution in [0.3, 0.4) is 0 Å². The highest BCUT2D eigenvalue weighted by Gasteiger charge is 2.25. The molecule has 0 atom stereocenters. The Balaban J connectivity index is 5.72. The van der Waals surface area contributed by atoms with E-state index in [0.29, 0.717) is 11.0 Å². The smallest absolute Gasteiger partial charge is 0.426 e. The van der Waals surface area contributed by atoms with Crippen molar-refractivity contribution < 1.29 is 9.53 Å². The molecular weight excluding hydrogens is 374 g/mol. The van der Waals surface area contributed by atoms with Crippen molar-refractivity contribution in [3.05, 3.63) is 23.0 Å². The maximum absolute atomic E-state index is 12.1. The van der Waals surface area contributed by atoms with E-state index in [9.17, 15) is 4.79 Å². The number of nitrogens with two attached hydrogens (primary N) is 1. The predicted octanol–water partition coefficient (Wildman–Crippen LogP) is 3.40. The quantitative estimate of drug-likeness (QED) is 0.327. The second-order valence-electron chi connectivity index (χ2n) is 7.27. The van der Waals surface area contributed by atoms with Crippen LogP contribution in [0.4, 0.5) is 4.79 Å². The summed E-state index contributed by atoms with van der Waals surface area (Å²) in [4.78, 5) is 16.3. The lowest BCUT2D eigenvalue weighted by atomic mass is 9.96. The minimum atomic E-state index is -0.647. The Hall–Kier alpha value is -2.01. The maximum atomic E-state index is 12.1. The fraction of sp³-hybridized carbons (Fsp3) is 0.562. The Bertz CT molecular complexity index is 577. The van der Waals surface area contributed by atoms with Crippen molar-refractivity contribution in [2.75, 3.05) is 6.54 Å². The number of ether oxygens (including phenoxy) is 1. The molecule has 134 valence electrons. The maximum Gasteiger partial charge on any atom is 0.426 e.